The number of carbonyl (C=O) groups excluding carboxylic acids is 1. The molecule has 1 fully saturated rings. The van der Waals surface area contributed by atoms with E-state index in [1.165, 1.54) is 59.9 Å². The van der Waals surface area contributed by atoms with E-state index < -0.39 is 26.0 Å². The van der Waals surface area contributed by atoms with Crippen LogP contribution in [-0.4, -0.2) is 47.2 Å². The van der Waals surface area contributed by atoms with Crippen molar-refractivity contribution < 1.29 is 26.4 Å². The maximum absolute atomic E-state index is 13.0. The number of hydrogen-bond acceptors (Lipinski definition) is 6. The van der Waals surface area contributed by atoms with Crippen molar-refractivity contribution in [2.45, 2.75) is 22.6 Å². The zero-order valence-electron chi connectivity index (χ0n) is 19.3. The van der Waals surface area contributed by atoms with Gasteiger partial charge in [-0.2, -0.15) is 4.31 Å². The highest BCUT2D eigenvalue weighted by Crippen LogP contribution is 2.31. The molecule has 4 rings (SSSR count). The summed E-state index contributed by atoms with van der Waals surface area (Å²) in [6.07, 6.45) is 1.60. The van der Waals surface area contributed by atoms with Crippen LogP contribution < -0.4 is 14.8 Å². The van der Waals surface area contributed by atoms with Crippen LogP contribution in [0.2, 0.25) is 5.02 Å². The first-order valence-electron chi connectivity index (χ1n) is 11.0. The minimum Gasteiger partial charge on any atom is -0.495 e. The van der Waals surface area contributed by atoms with Gasteiger partial charge in [-0.05, 0) is 61.4 Å². The Hall–Kier alpha value is -3.12. The van der Waals surface area contributed by atoms with Crippen molar-refractivity contribution >= 4 is 48.9 Å². The molecule has 12 heteroatoms. The maximum atomic E-state index is 13.0. The number of carbonyl (C=O) groups is 1. The van der Waals surface area contributed by atoms with Crippen molar-refractivity contribution in [3.8, 4) is 5.75 Å². The molecule has 0 unspecified atom stereocenters. The molecule has 0 saturated carbocycles. The lowest BCUT2D eigenvalue weighted by Crippen LogP contribution is -2.28. The van der Waals surface area contributed by atoms with Crippen molar-refractivity contribution in [3.05, 3.63) is 77.3 Å². The van der Waals surface area contributed by atoms with Gasteiger partial charge in [-0.25, -0.2) is 16.8 Å². The fourth-order valence-electron chi connectivity index (χ4n) is 3.79. The third-order valence-electron chi connectivity index (χ3n) is 5.64. The van der Waals surface area contributed by atoms with Crippen molar-refractivity contribution in [2.24, 2.45) is 0 Å². The zero-order valence-corrected chi connectivity index (χ0v) is 21.7. The lowest BCUT2D eigenvalue weighted by atomic mass is 10.2. The molecule has 3 aromatic carbocycles. The van der Waals surface area contributed by atoms with E-state index in [0.29, 0.717) is 13.1 Å². The van der Waals surface area contributed by atoms with Crippen LogP contribution in [0.25, 0.3) is 0 Å². The van der Waals surface area contributed by atoms with Crippen LogP contribution in [0.15, 0.2) is 76.5 Å². The first-order valence-corrected chi connectivity index (χ1v) is 14.3. The minimum absolute atomic E-state index is 0.000529. The molecule has 1 aliphatic heterocycles. The number of benzene rings is 3. The third kappa shape index (κ3) is 5.49. The van der Waals surface area contributed by atoms with E-state index >= 15 is 0 Å². The largest absolute Gasteiger partial charge is 0.495 e. The smallest absolute Gasteiger partial charge is 0.261 e. The van der Waals surface area contributed by atoms with Crippen molar-refractivity contribution in [3.63, 3.8) is 0 Å². The SMILES string of the molecule is COc1ccc(S(=O)(=O)N2CCCC2)cc1NC(=O)c1ccc(NS(=O)(=O)c2ccccc2)cc1Cl. The van der Waals surface area contributed by atoms with Gasteiger partial charge in [-0.15, -0.1) is 0 Å². The molecule has 1 aliphatic rings. The van der Waals surface area contributed by atoms with Crippen LogP contribution in [0.5, 0.6) is 5.75 Å². The van der Waals surface area contributed by atoms with E-state index in [0.717, 1.165) is 12.8 Å². The molecule has 0 bridgehead atoms. The van der Waals surface area contributed by atoms with Crippen molar-refractivity contribution in [1.29, 1.82) is 0 Å². The number of rotatable bonds is 8. The first-order chi connectivity index (χ1) is 17.1. The molecule has 0 aromatic heterocycles. The summed E-state index contributed by atoms with van der Waals surface area (Å²) in [4.78, 5) is 13.1. The van der Waals surface area contributed by atoms with Crippen LogP contribution in [0.3, 0.4) is 0 Å². The van der Waals surface area contributed by atoms with Gasteiger partial charge in [0.2, 0.25) is 10.0 Å². The average molecular weight is 550 g/mol. The Kier molecular flexibility index (Phi) is 7.55. The Morgan fingerprint density at radius 1 is 0.917 bits per heavy atom. The average Bonchev–Trinajstić information content (AvgIpc) is 3.40. The molecule has 0 radical (unpaired) electrons. The highest BCUT2D eigenvalue weighted by atomic mass is 35.5. The molecule has 1 saturated heterocycles. The van der Waals surface area contributed by atoms with Gasteiger partial charge in [-0.1, -0.05) is 29.8 Å². The number of amides is 1. The highest BCUT2D eigenvalue weighted by molar-refractivity contribution is 7.92. The summed E-state index contributed by atoms with van der Waals surface area (Å²) < 4.78 is 60.1. The molecule has 2 N–H and O–H groups in total. The predicted octanol–water partition coefficient (Wildman–Crippen LogP) is 4.19. The summed E-state index contributed by atoms with van der Waals surface area (Å²) in [5.74, 6) is -0.349. The molecular weight excluding hydrogens is 526 g/mol. The number of nitrogens with one attached hydrogen (secondary N) is 2. The van der Waals surface area contributed by atoms with E-state index in [2.05, 4.69) is 10.0 Å². The second kappa shape index (κ2) is 10.5. The number of ether oxygens (including phenoxy) is 1. The summed E-state index contributed by atoms with van der Waals surface area (Å²) in [7, 11) is -6.14. The fraction of sp³-hybridized carbons (Fsp3) is 0.208. The first kappa shape index (κ1) is 26.0. The van der Waals surface area contributed by atoms with Crippen LogP contribution >= 0.6 is 11.6 Å². The van der Waals surface area contributed by atoms with Gasteiger partial charge >= 0.3 is 0 Å². The van der Waals surface area contributed by atoms with E-state index in [9.17, 15) is 21.6 Å². The van der Waals surface area contributed by atoms with E-state index in [1.807, 2.05) is 0 Å². The van der Waals surface area contributed by atoms with Crippen molar-refractivity contribution in [2.75, 3.05) is 30.2 Å². The van der Waals surface area contributed by atoms with E-state index in [1.54, 1.807) is 18.2 Å². The molecule has 190 valence electrons. The highest BCUT2D eigenvalue weighted by Gasteiger charge is 2.28. The molecule has 1 heterocycles. The number of halogens is 1. The standard InChI is InChI=1S/C24H24ClN3O6S2/c1-34-23-12-10-19(36(32,33)28-13-5-6-14-28)16-22(23)26-24(29)20-11-9-17(15-21(20)25)27-35(30,31)18-7-3-2-4-8-18/h2-4,7-12,15-16,27H,5-6,13-14H2,1H3,(H,26,29). The Bertz CT molecular complexity index is 1490. The van der Waals surface area contributed by atoms with E-state index in [4.69, 9.17) is 16.3 Å². The Balaban J connectivity index is 1.56. The molecule has 0 atom stereocenters. The molecule has 0 spiro atoms. The predicted molar refractivity (Wildman–Crippen MR) is 138 cm³/mol. The summed E-state index contributed by atoms with van der Waals surface area (Å²) in [5.41, 5.74) is 0.401. The quantitative estimate of drug-likeness (QED) is 0.434. The summed E-state index contributed by atoms with van der Waals surface area (Å²) in [5, 5.41) is 2.65. The Morgan fingerprint density at radius 3 is 2.25 bits per heavy atom. The molecule has 36 heavy (non-hydrogen) atoms. The number of methoxy groups -OCH3 is 1. The second-order valence-electron chi connectivity index (χ2n) is 8.04. The fourth-order valence-corrected chi connectivity index (χ4v) is 6.67. The lowest BCUT2D eigenvalue weighted by Gasteiger charge is -2.18. The minimum atomic E-state index is -3.83. The van der Waals surface area contributed by atoms with Gasteiger partial charge in [0.15, 0.2) is 0 Å². The van der Waals surface area contributed by atoms with Gasteiger partial charge in [0.25, 0.3) is 15.9 Å². The van der Waals surface area contributed by atoms with Gasteiger partial charge < -0.3 is 10.1 Å². The normalized spacial score (nSPS) is 14.4. The number of hydrogen-bond donors (Lipinski definition) is 2. The van der Waals surface area contributed by atoms with Crippen LogP contribution in [0, 0.1) is 0 Å². The number of nitrogens with zero attached hydrogens (tertiary/aromatic N) is 1. The molecule has 1 amide bonds. The molecule has 0 aliphatic carbocycles. The molecule has 3 aromatic rings. The maximum Gasteiger partial charge on any atom is 0.261 e. The van der Waals surface area contributed by atoms with E-state index in [-0.39, 0.29) is 37.5 Å². The monoisotopic (exact) mass is 549 g/mol. The van der Waals surface area contributed by atoms with Gasteiger partial charge in [0.1, 0.15) is 5.75 Å². The summed E-state index contributed by atoms with van der Waals surface area (Å²) >= 11 is 6.30. The zero-order chi connectivity index (χ0) is 25.9. The van der Waals surface area contributed by atoms with Gasteiger partial charge in [0.05, 0.1) is 38.9 Å². The van der Waals surface area contributed by atoms with Crippen LogP contribution in [0.1, 0.15) is 23.2 Å². The summed E-state index contributed by atoms with van der Waals surface area (Å²) in [6.45, 7) is 0.901. The lowest BCUT2D eigenvalue weighted by molar-refractivity contribution is 0.102. The van der Waals surface area contributed by atoms with Crippen molar-refractivity contribution in [1.82, 2.24) is 4.31 Å². The van der Waals surface area contributed by atoms with Crippen LogP contribution in [-0.2, 0) is 20.0 Å². The number of anilines is 2. The van der Waals surface area contributed by atoms with Crippen LogP contribution in [0.4, 0.5) is 11.4 Å². The Labute approximate surface area is 215 Å². The molecular formula is C24H24ClN3O6S2. The molecule has 9 nitrogen and oxygen atoms in total. The Morgan fingerprint density at radius 2 is 1.61 bits per heavy atom. The topological polar surface area (TPSA) is 122 Å². The third-order valence-corrected chi connectivity index (χ3v) is 9.25. The van der Waals surface area contributed by atoms with Gasteiger partial charge in [-0.3, -0.25) is 9.52 Å². The van der Waals surface area contributed by atoms with Gasteiger partial charge in [0, 0.05) is 13.1 Å². The summed E-state index contributed by atoms with van der Waals surface area (Å²) in [6, 6.07) is 16.2. The second-order valence-corrected chi connectivity index (χ2v) is 12.1. The number of sulfonamides is 2.